The van der Waals surface area contributed by atoms with E-state index in [9.17, 15) is 8.42 Å². The summed E-state index contributed by atoms with van der Waals surface area (Å²) >= 11 is 3.27. The summed E-state index contributed by atoms with van der Waals surface area (Å²) in [5, 5.41) is 0. The van der Waals surface area contributed by atoms with Crippen molar-refractivity contribution < 1.29 is 8.42 Å². The lowest BCUT2D eigenvalue weighted by molar-refractivity contribution is 0.133. The normalized spacial score (nSPS) is 18.0. The van der Waals surface area contributed by atoms with Gasteiger partial charge in [-0.2, -0.15) is 0 Å². The molecule has 0 heterocycles. The van der Waals surface area contributed by atoms with Crippen LogP contribution in [-0.4, -0.2) is 15.0 Å². The Bertz CT molecular complexity index is 562. The smallest absolute Gasteiger partial charge is 0.242 e. The lowest BCUT2D eigenvalue weighted by atomic mass is 9.67. The molecule has 0 bridgehead atoms. The highest BCUT2D eigenvalue weighted by atomic mass is 79.9. The standard InChI is InChI=1S/C13H19BrN2O2S/c1-2-13(6-3-7-13)9-16-19(17,18)12-5-4-10(14)8-11(12)15/h4-5,8,16H,2-3,6-7,9,15H2,1H3. The first-order chi connectivity index (χ1) is 8.88. The summed E-state index contributed by atoms with van der Waals surface area (Å²) in [4.78, 5) is 0.154. The first kappa shape index (κ1) is 14.8. The van der Waals surface area contributed by atoms with Gasteiger partial charge in [-0.1, -0.05) is 29.3 Å². The van der Waals surface area contributed by atoms with E-state index < -0.39 is 10.0 Å². The molecule has 0 saturated heterocycles. The minimum Gasteiger partial charge on any atom is -0.398 e. The second-order valence-electron chi connectivity index (χ2n) is 5.21. The topological polar surface area (TPSA) is 72.2 Å². The second kappa shape index (κ2) is 5.42. The molecule has 1 fully saturated rings. The van der Waals surface area contributed by atoms with Crippen LogP contribution in [0.15, 0.2) is 27.6 Å². The molecule has 1 aliphatic carbocycles. The zero-order chi connectivity index (χ0) is 14.1. The van der Waals surface area contributed by atoms with Crippen molar-refractivity contribution in [1.29, 1.82) is 0 Å². The van der Waals surface area contributed by atoms with Gasteiger partial charge in [0.2, 0.25) is 10.0 Å². The Kier molecular flexibility index (Phi) is 4.23. The lowest BCUT2D eigenvalue weighted by Crippen LogP contribution is -2.41. The average molecular weight is 347 g/mol. The summed E-state index contributed by atoms with van der Waals surface area (Å²) in [6.45, 7) is 2.61. The van der Waals surface area contributed by atoms with Crippen molar-refractivity contribution in [2.45, 2.75) is 37.5 Å². The van der Waals surface area contributed by atoms with Crippen LogP contribution >= 0.6 is 15.9 Å². The molecule has 1 saturated carbocycles. The highest BCUT2D eigenvalue weighted by Crippen LogP contribution is 2.43. The third-order valence-corrected chi connectivity index (χ3v) is 6.03. The van der Waals surface area contributed by atoms with E-state index in [-0.39, 0.29) is 16.0 Å². The second-order valence-corrected chi connectivity index (χ2v) is 7.86. The van der Waals surface area contributed by atoms with Gasteiger partial charge < -0.3 is 5.73 Å². The van der Waals surface area contributed by atoms with Crippen LogP contribution in [-0.2, 0) is 10.0 Å². The van der Waals surface area contributed by atoms with Gasteiger partial charge in [0, 0.05) is 11.0 Å². The Labute approximate surface area is 122 Å². The summed E-state index contributed by atoms with van der Waals surface area (Å²) < 4.78 is 28.0. The van der Waals surface area contributed by atoms with E-state index in [4.69, 9.17) is 5.73 Å². The third kappa shape index (κ3) is 3.12. The van der Waals surface area contributed by atoms with E-state index in [1.165, 1.54) is 12.5 Å². The predicted molar refractivity (Wildman–Crippen MR) is 80.3 cm³/mol. The van der Waals surface area contributed by atoms with Crippen molar-refractivity contribution >= 4 is 31.6 Å². The molecule has 0 spiro atoms. The molecule has 1 aliphatic rings. The maximum Gasteiger partial charge on any atom is 0.242 e. The summed E-state index contributed by atoms with van der Waals surface area (Å²) in [6, 6.07) is 4.82. The van der Waals surface area contributed by atoms with E-state index >= 15 is 0 Å². The van der Waals surface area contributed by atoms with Crippen LogP contribution in [0, 0.1) is 5.41 Å². The van der Waals surface area contributed by atoms with Crippen LogP contribution in [0.2, 0.25) is 0 Å². The number of rotatable bonds is 5. The van der Waals surface area contributed by atoms with Crippen LogP contribution in [0.25, 0.3) is 0 Å². The van der Waals surface area contributed by atoms with Crippen molar-refractivity contribution in [3.63, 3.8) is 0 Å². The van der Waals surface area contributed by atoms with Gasteiger partial charge in [-0.25, -0.2) is 13.1 Å². The Morgan fingerprint density at radius 2 is 2.11 bits per heavy atom. The number of halogens is 1. The Hall–Kier alpha value is -0.590. The summed E-state index contributed by atoms with van der Waals surface area (Å²) in [5.41, 5.74) is 6.19. The Morgan fingerprint density at radius 3 is 2.58 bits per heavy atom. The van der Waals surface area contributed by atoms with Crippen LogP contribution in [0.1, 0.15) is 32.6 Å². The molecule has 6 heteroatoms. The van der Waals surface area contributed by atoms with Gasteiger partial charge in [-0.3, -0.25) is 0 Å². The zero-order valence-electron chi connectivity index (χ0n) is 10.9. The predicted octanol–water partition coefficient (Wildman–Crippen LogP) is 2.89. The number of sulfonamides is 1. The van der Waals surface area contributed by atoms with Crippen molar-refractivity contribution in [3.8, 4) is 0 Å². The molecule has 2 rings (SSSR count). The van der Waals surface area contributed by atoms with Crippen LogP contribution in [0.4, 0.5) is 5.69 Å². The molecule has 19 heavy (non-hydrogen) atoms. The molecule has 1 aromatic carbocycles. The highest BCUT2D eigenvalue weighted by molar-refractivity contribution is 9.10. The molecule has 0 unspecified atom stereocenters. The van der Waals surface area contributed by atoms with E-state index in [2.05, 4.69) is 27.6 Å². The number of benzene rings is 1. The van der Waals surface area contributed by atoms with Crippen LogP contribution < -0.4 is 10.5 Å². The molecular formula is C13H19BrN2O2S. The fraction of sp³-hybridized carbons (Fsp3) is 0.538. The Morgan fingerprint density at radius 1 is 1.42 bits per heavy atom. The first-order valence-corrected chi connectivity index (χ1v) is 8.71. The van der Waals surface area contributed by atoms with Crippen molar-refractivity contribution in [2.75, 3.05) is 12.3 Å². The minimum absolute atomic E-state index is 0.150. The molecule has 4 nitrogen and oxygen atoms in total. The maximum atomic E-state index is 12.3. The number of hydrogen-bond donors (Lipinski definition) is 2. The molecule has 3 N–H and O–H groups in total. The van der Waals surface area contributed by atoms with Gasteiger partial charge in [0.25, 0.3) is 0 Å². The fourth-order valence-corrected chi connectivity index (χ4v) is 4.07. The molecular weight excluding hydrogens is 328 g/mol. The summed E-state index contributed by atoms with van der Waals surface area (Å²) in [5.74, 6) is 0. The van der Waals surface area contributed by atoms with E-state index in [0.29, 0.717) is 6.54 Å². The lowest BCUT2D eigenvalue weighted by Gasteiger charge is -2.41. The quantitative estimate of drug-likeness (QED) is 0.805. The van der Waals surface area contributed by atoms with Crippen LogP contribution in [0.3, 0.4) is 0 Å². The van der Waals surface area contributed by atoms with Crippen molar-refractivity contribution in [2.24, 2.45) is 5.41 Å². The average Bonchev–Trinajstić information content (AvgIpc) is 2.27. The highest BCUT2D eigenvalue weighted by Gasteiger charge is 2.36. The van der Waals surface area contributed by atoms with E-state index in [0.717, 1.165) is 23.7 Å². The molecule has 0 amide bonds. The Balaban J connectivity index is 2.14. The molecule has 106 valence electrons. The van der Waals surface area contributed by atoms with E-state index in [1.807, 2.05) is 0 Å². The van der Waals surface area contributed by atoms with Crippen LogP contribution in [0.5, 0.6) is 0 Å². The zero-order valence-corrected chi connectivity index (χ0v) is 13.4. The molecule has 0 aromatic heterocycles. The van der Waals surface area contributed by atoms with Gasteiger partial charge in [0.1, 0.15) is 4.90 Å². The van der Waals surface area contributed by atoms with E-state index in [1.54, 1.807) is 12.1 Å². The van der Waals surface area contributed by atoms with Gasteiger partial charge >= 0.3 is 0 Å². The number of nitrogens with one attached hydrogen (secondary N) is 1. The van der Waals surface area contributed by atoms with Gasteiger partial charge in [0.15, 0.2) is 0 Å². The SMILES string of the molecule is CCC1(CNS(=O)(=O)c2ccc(Br)cc2N)CCC1. The fourth-order valence-electron chi connectivity index (χ4n) is 2.42. The van der Waals surface area contributed by atoms with Gasteiger partial charge in [0.05, 0.1) is 5.69 Å². The molecule has 1 aromatic rings. The number of hydrogen-bond acceptors (Lipinski definition) is 3. The number of anilines is 1. The maximum absolute atomic E-state index is 12.3. The van der Waals surface area contributed by atoms with Crippen molar-refractivity contribution in [1.82, 2.24) is 4.72 Å². The summed E-state index contributed by atoms with van der Waals surface area (Å²) in [6.07, 6.45) is 4.39. The van der Waals surface area contributed by atoms with Gasteiger partial charge in [-0.05, 0) is 42.9 Å². The third-order valence-electron chi connectivity index (χ3n) is 4.06. The van der Waals surface area contributed by atoms with Gasteiger partial charge in [-0.15, -0.1) is 0 Å². The van der Waals surface area contributed by atoms with Crippen molar-refractivity contribution in [3.05, 3.63) is 22.7 Å². The number of nitrogens with two attached hydrogens (primary N) is 1. The largest absolute Gasteiger partial charge is 0.398 e. The molecule has 0 aliphatic heterocycles. The monoisotopic (exact) mass is 346 g/mol. The molecule has 0 radical (unpaired) electrons. The minimum atomic E-state index is -3.52. The first-order valence-electron chi connectivity index (χ1n) is 6.43. The number of nitrogen functional groups attached to an aromatic ring is 1. The molecule has 0 atom stereocenters. The summed E-state index contributed by atoms with van der Waals surface area (Å²) in [7, 11) is -3.52.